The number of aliphatic hydroxyl groups excluding tert-OH is 1. The number of hydrogen-bond donors (Lipinski definition) is 3. The van der Waals surface area contributed by atoms with E-state index in [1.54, 1.807) is 26.1 Å². The summed E-state index contributed by atoms with van der Waals surface area (Å²) in [5.74, 6) is 0.903. The lowest BCUT2D eigenvalue weighted by atomic mass is 9.90. The van der Waals surface area contributed by atoms with E-state index in [0.717, 1.165) is 5.52 Å². The first-order valence-electron chi connectivity index (χ1n) is 11.2. The molecule has 0 bridgehead atoms. The highest BCUT2D eigenvalue weighted by Gasteiger charge is 2.24. The summed E-state index contributed by atoms with van der Waals surface area (Å²) in [6.07, 6.45) is -0.697. The van der Waals surface area contributed by atoms with E-state index < -0.39 is 6.10 Å². The molecule has 0 saturated carbocycles. The smallest absolute Gasteiger partial charge is 0.174 e. The molecule has 0 spiro atoms. The van der Waals surface area contributed by atoms with Gasteiger partial charge in [0.1, 0.15) is 30.0 Å². The molecule has 3 N–H and O–H groups in total. The molecule has 1 atom stereocenters. The number of rotatable bonds is 7. The van der Waals surface area contributed by atoms with Crippen LogP contribution in [0.15, 0.2) is 30.3 Å². The number of aryl methyl sites for hydroxylation is 1. The zero-order chi connectivity index (χ0) is 25.3. The van der Waals surface area contributed by atoms with E-state index in [4.69, 9.17) is 14.7 Å². The number of ether oxygens (including phenoxy) is 2. The van der Waals surface area contributed by atoms with Gasteiger partial charge in [0.2, 0.25) is 0 Å². The summed E-state index contributed by atoms with van der Waals surface area (Å²) in [4.78, 5) is 12.5. The molecule has 2 aromatic heterocycles. The zero-order valence-corrected chi connectivity index (χ0v) is 20.4. The van der Waals surface area contributed by atoms with Crippen molar-refractivity contribution in [3.05, 3.63) is 42.0 Å². The minimum atomic E-state index is -0.697. The van der Waals surface area contributed by atoms with Crippen LogP contribution in [0.25, 0.3) is 33.2 Å². The number of aliphatic hydroxyl groups is 1. The zero-order valence-electron chi connectivity index (χ0n) is 20.4. The van der Waals surface area contributed by atoms with E-state index >= 15 is 0 Å². The van der Waals surface area contributed by atoms with Crippen molar-refractivity contribution in [3.8, 4) is 28.8 Å². The third-order valence-electron chi connectivity index (χ3n) is 5.81. The van der Waals surface area contributed by atoms with Crippen molar-refractivity contribution in [2.45, 2.75) is 33.8 Å². The molecule has 182 valence electrons. The number of benzene rings is 2. The predicted octanol–water partition coefficient (Wildman–Crippen LogP) is 4.96. The number of nitriles is 1. The molecule has 35 heavy (non-hydrogen) atoms. The largest absolute Gasteiger partial charge is 0.487 e. The van der Waals surface area contributed by atoms with E-state index in [9.17, 15) is 9.50 Å². The van der Waals surface area contributed by atoms with Crippen molar-refractivity contribution in [1.82, 2.24) is 15.0 Å². The van der Waals surface area contributed by atoms with Crippen molar-refractivity contribution in [2.75, 3.05) is 25.6 Å². The van der Waals surface area contributed by atoms with Gasteiger partial charge in [-0.2, -0.15) is 5.26 Å². The van der Waals surface area contributed by atoms with Crippen LogP contribution >= 0.6 is 0 Å². The molecule has 4 rings (SSSR count). The number of nitrogens with zero attached hydrogens (tertiary/aromatic N) is 3. The van der Waals surface area contributed by atoms with Gasteiger partial charge < -0.3 is 24.9 Å². The molecule has 0 aliphatic carbocycles. The van der Waals surface area contributed by atoms with Crippen molar-refractivity contribution in [1.29, 1.82) is 5.26 Å². The average molecular weight is 478 g/mol. The molecule has 8 nitrogen and oxygen atoms in total. The van der Waals surface area contributed by atoms with E-state index in [1.807, 2.05) is 32.9 Å². The molecule has 0 radical (unpaired) electrons. The summed E-state index contributed by atoms with van der Waals surface area (Å²) in [5.41, 5.74) is 2.84. The average Bonchev–Trinajstić information content (AvgIpc) is 3.17. The molecular weight excluding hydrogens is 449 g/mol. The Kier molecular flexibility index (Phi) is 6.50. The number of H-pyrrole nitrogens is 1. The van der Waals surface area contributed by atoms with Crippen LogP contribution in [-0.4, -0.2) is 46.4 Å². The molecule has 0 amide bonds. The maximum absolute atomic E-state index is 14.4. The Morgan fingerprint density at radius 3 is 2.63 bits per heavy atom. The first-order chi connectivity index (χ1) is 16.6. The van der Waals surface area contributed by atoms with Crippen LogP contribution in [0.5, 0.6) is 11.5 Å². The monoisotopic (exact) mass is 477 g/mol. The Balaban J connectivity index is 1.85. The lowest BCUT2D eigenvalue weighted by molar-refractivity contribution is 0.0210. The van der Waals surface area contributed by atoms with Crippen molar-refractivity contribution >= 4 is 27.6 Å². The SMILES string of the molecule is CNc1cc(F)cc2c1[nH]c1nc(C)nc(-c3ccc(OC[C@H](O)C(C)(C)C)c(OCC#N)c3)c12. The lowest BCUT2D eigenvalue weighted by Crippen LogP contribution is -2.32. The lowest BCUT2D eigenvalue weighted by Gasteiger charge is -2.26. The van der Waals surface area contributed by atoms with Crippen LogP contribution in [0.1, 0.15) is 26.6 Å². The third kappa shape index (κ3) is 4.84. The molecule has 9 heteroatoms. The Bertz CT molecular complexity index is 1440. The van der Waals surface area contributed by atoms with Gasteiger partial charge in [0.25, 0.3) is 0 Å². The number of fused-ring (bicyclic) bond motifs is 3. The number of hydrogen-bond acceptors (Lipinski definition) is 7. The summed E-state index contributed by atoms with van der Waals surface area (Å²) >= 11 is 0. The second-order valence-electron chi connectivity index (χ2n) is 9.40. The summed E-state index contributed by atoms with van der Waals surface area (Å²) in [6.45, 7) is 7.43. The molecule has 2 heterocycles. The topological polar surface area (TPSA) is 116 Å². The quantitative estimate of drug-likeness (QED) is 0.345. The highest BCUT2D eigenvalue weighted by Crippen LogP contribution is 2.39. The first-order valence-corrected chi connectivity index (χ1v) is 11.2. The second-order valence-corrected chi connectivity index (χ2v) is 9.40. The fourth-order valence-corrected chi connectivity index (χ4v) is 3.80. The Morgan fingerprint density at radius 1 is 1.17 bits per heavy atom. The summed E-state index contributed by atoms with van der Waals surface area (Å²) < 4.78 is 25.9. The van der Waals surface area contributed by atoms with Gasteiger partial charge in [0.05, 0.1) is 28.4 Å². The van der Waals surface area contributed by atoms with E-state index in [1.165, 1.54) is 12.1 Å². The number of anilines is 1. The van der Waals surface area contributed by atoms with E-state index in [0.29, 0.717) is 50.7 Å². The summed E-state index contributed by atoms with van der Waals surface area (Å²) in [5, 5.41) is 23.7. The molecular formula is C26H28FN5O3. The Labute approximate surface area is 202 Å². The minimum Gasteiger partial charge on any atom is -0.487 e. The predicted molar refractivity (Wildman–Crippen MR) is 133 cm³/mol. The molecule has 0 unspecified atom stereocenters. The van der Waals surface area contributed by atoms with Gasteiger partial charge in [-0.1, -0.05) is 20.8 Å². The first kappa shape index (κ1) is 24.2. The van der Waals surface area contributed by atoms with Crippen LogP contribution in [-0.2, 0) is 0 Å². The maximum atomic E-state index is 14.4. The molecule has 0 saturated heterocycles. The van der Waals surface area contributed by atoms with Gasteiger partial charge in [-0.3, -0.25) is 0 Å². The fourth-order valence-electron chi connectivity index (χ4n) is 3.80. The van der Waals surface area contributed by atoms with Gasteiger partial charge >= 0.3 is 0 Å². The van der Waals surface area contributed by atoms with Crippen molar-refractivity contribution in [3.63, 3.8) is 0 Å². The van der Waals surface area contributed by atoms with Crippen LogP contribution < -0.4 is 14.8 Å². The minimum absolute atomic E-state index is 0.0666. The van der Waals surface area contributed by atoms with Gasteiger partial charge in [-0.05, 0) is 42.7 Å². The fraction of sp³-hybridized carbons (Fsp3) is 0.346. The van der Waals surface area contributed by atoms with E-state index in [2.05, 4.69) is 20.3 Å². The summed E-state index contributed by atoms with van der Waals surface area (Å²) in [6, 6.07) is 10.1. The number of nitrogens with one attached hydrogen (secondary N) is 2. The summed E-state index contributed by atoms with van der Waals surface area (Å²) in [7, 11) is 1.73. The Hall–Kier alpha value is -3.90. The van der Waals surface area contributed by atoms with Gasteiger partial charge in [0.15, 0.2) is 18.1 Å². The molecule has 2 aromatic carbocycles. The van der Waals surface area contributed by atoms with Gasteiger partial charge in [0, 0.05) is 18.0 Å². The maximum Gasteiger partial charge on any atom is 0.174 e. The number of halogens is 1. The molecule has 0 aliphatic heterocycles. The molecule has 0 fully saturated rings. The van der Waals surface area contributed by atoms with Crippen LogP contribution in [0, 0.1) is 29.5 Å². The van der Waals surface area contributed by atoms with Crippen molar-refractivity contribution in [2.24, 2.45) is 5.41 Å². The van der Waals surface area contributed by atoms with Crippen LogP contribution in [0.3, 0.4) is 0 Å². The van der Waals surface area contributed by atoms with Crippen LogP contribution in [0.4, 0.5) is 10.1 Å². The van der Waals surface area contributed by atoms with Gasteiger partial charge in [-0.15, -0.1) is 0 Å². The number of aromatic amines is 1. The molecule has 0 aliphatic rings. The van der Waals surface area contributed by atoms with Gasteiger partial charge in [-0.25, -0.2) is 14.4 Å². The van der Waals surface area contributed by atoms with Crippen molar-refractivity contribution < 1.29 is 19.0 Å². The highest BCUT2D eigenvalue weighted by atomic mass is 19.1. The normalized spacial score (nSPS) is 12.5. The van der Waals surface area contributed by atoms with E-state index in [-0.39, 0.29) is 24.4 Å². The highest BCUT2D eigenvalue weighted by molar-refractivity contribution is 6.15. The standard InChI is InChI=1S/C26H28FN5O3/c1-14-30-23(22-17-11-16(27)12-18(29-5)24(17)32-25(22)31-14)15-6-7-19(20(10-15)34-9-8-28)35-13-21(33)26(2,3)4/h6-7,10-12,21,29,33H,9,13H2,1-5H3,(H,30,31,32)/t21-/m0/s1. The molecule has 4 aromatic rings. The van der Waals surface area contributed by atoms with Crippen LogP contribution in [0.2, 0.25) is 0 Å². The Morgan fingerprint density at radius 2 is 1.94 bits per heavy atom. The second kappa shape index (κ2) is 9.39. The number of aromatic nitrogens is 3. The third-order valence-corrected chi connectivity index (χ3v) is 5.81.